The van der Waals surface area contributed by atoms with Crippen LogP contribution in [-0.4, -0.2) is 4.92 Å². The summed E-state index contributed by atoms with van der Waals surface area (Å²) in [5.41, 5.74) is 6.01. The van der Waals surface area contributed by atoms with Crippen molar-refractivity contribution in [1.82, 2.24) is 0 Å². The number of nitrogen functional groups attached to an aromatic ring is 1. The fourth-order valence-electron chi connectivity index (χ4n) is 1.57. The summed E-state index contributed by atoms with van der Waals surface area (Å²) in [6.45, 7) is 1.69. The second-order valence-electron chi connectivity index (χ2n) is 3.99. The maximum absolute atomic E-state index is 13.0. The molecule has 2 rings (SSSR count). The lowest BCUT2D eigenvalue weighted by Crippen LogP contribution is -1.94. The van der Waals surface area contributed by atoms with Gasteiger partial charge in [-0.15, -0.1) is 0 Å². The molecule has 0 spiro atoms. The number of non-ortho nitro benzene ring substituents is 1. The summed E-state index contributed by atoms with van der Waals surface area (Å²) in [4.78, 5) is 10.1. The van der Waals surface area contributed by atoms with Crippen molar-refractivity contribution in [3.8, 4) is 11.5 Å². The highest BCUT2D eigenvalue weighted by Gasteiger charge is 2.10. The number of ether oxygens (including phenoxy) is 1. The molecule has 0 amide bonds. The van der Waals surface area contributed by atoms with Crippen LogP contribution in [0.2, 0.25) is 0 Å². The van der Waals surface area contributed by atoms with Gasteiger partial charge in [-0.25, -0.2) is 4.39 Å². The van der Waals surface area contributed by atoms with Crippen molar-refractivity contribution in [2.24, 2.45) is 0 Å². The number of rotatable bonds is 3. The summed E-state index contributed by atoms with van der Waals surface area (Å²) < 4.78 is 18.5. The van der Waals surface area contributed by atoms with E-state index in [1.807, 2.05) is 0 Å². The highest BCUT2D eigenvalue weighted by Crippen LogP contribution is 2.29. The van der Waals surface area contributed by atoms with Crippen molar-refractivity contribution < 1.29 is 14.1 Å². The van der Waals surface area contributed by atoms with Crippen molar-refractivity contribution in [2.45, 2.75) is 6.92 Å². The Morgan fingerprint density at radius 2 is 2.00 bits per heavy atom. The molecular formula is C13H11FN2O3. The number of nitro groups is 1. The summed E-state index contributed by atoms with van der Waals surface area (Å²) in [6.07, 6.45) is 0. The van der Waals surface area contributed by atoms with Crippen LogP contribution in [0.25, 0.3) is 0 Å². The number of hydrogen-bond donors (Lipinski definition) is 1. The molecule has 0 heterocycles. The second-order valence-corrected chi connectivity index (χ2v) is 3.99. The number of anilines is 1. The Balaban J connectivity index is 2.28. The van der Waals surface area contributed by atoms with E-state index in [0.29, 0.717) is 17.1 Å². The van der Waals surface area contributed by atoms with Gasteiger partial charge < -0.3 is 10.5 Å². The third kappa shape index (κ3) is 2.79. The van der Waals surface area contributed by atoms with Crippen LogP contribution in [0.5, 0.6) is 11.5 Å². The molecule has 6 heteroatoms. The highest BCUT2D eigenvalue weighted by atomic mass is 19.1. The van der Waals surface area contributed by atoms with E-state index in [-0.39, 0.29) is 11.4 Å². The van der Waals surface area contributed by atoms with Gasteiger partial charge in [-0.3, -0.25) is 10.1 Å². The van der Waals surface area contributed by atoms with Gasteiger partial charge in [0.2, 0.25) is 0 Å². The lowest BCUT2D eigenvalue weighted by Gasteiger charge is -2.09. The Morgan fingerprint density at radius 1 is 1.26 bits per heavy atom. The van der Waals surface area contributed by atoms with E-state index in [1.165, 1.54) is 36.4 Å². The Morgan fingerprint density at radius 3 is 2.58 bits per heavy atom. The number of halogens is 1. The van der Waals surface area contributed by atoms with Crippen LogP contribution < -0.4 is 10.5 Å². The van der Waals surface area contributed by atoms with Crippen molar-refractivity contribution >= 4 is 11.4 Å². The fourth-order valence-corrected chi connectivity index (χ4v) is 1.57. The van der Waals surface area contributed by atoms with E-state index in [4.69, 9.17) is 10.5 Å². The first-order valence-corrected chi connectivity index (χ1v) is 5.45. The molecule has 0 atom stereocenters. The van der Waals surface area contributed by atoms with E-state index in [1.54, 1.807) is 6.92 Å². The quantitative estimate of drug-likeness (QED) is 0.522. The third-order valence-electron chi connectivity index (χ3n) is 2.56. The third-order valence-corrected chi connectivity index (χ3v) is 2.56. The second kappa shape index (κ2) is 4.93. The molecule has 0 aliphatic heterocycles. The minimum absolute atomic E-state index is 0.0107. The van der Waals surface area contributed by atoms with Crippen molar-refractivity contribution in [3.05, 3.63) is 57.9 Å². The number of nitro benzene ring substituents is 1. The number of hydrogen-bond acceptors (Lipinski definition) is 4. The summed E-state index contributed by atoms with van der Waals surface area (Å²) in [5, 5.41) is 10.6. The topological polar surface area (TPSA) is 78.4 Å². The van der Waals surface area contributed by atoms with E-state index in [9.17, 15) is 14.5 Å². The molecule has 2 aromatic rings. The minimum atomic E-state index is -0.521. The van der Waals surface area contributed by atoms with Gasteiger partial charge in [0.25, 0.3) is 5.69 Å². The molecule has 0 aromatic heterocycles. The Labute approximate surface area is 108 Å². The molecule has 2 aromatic carbocycles. The van der Waals surface area contributed by atoms with Gasteiger partial charge in [0, 0.05) is 18.2 Å². The van der Waals surface area contributed by atoms with Crippen LogP contribution in [0.4, 0.5) is 15.8 Å². The van der Waals surface area contributed by atoms with Gasteiger partial charge in [0.15, 0.2) is 0 Å². The average molecular weight is 262 g/mol. The Kier molecular flexibility index (Phi) is 3.33. The standard InChI is InChI=1S/C13H11FN2O3/c1-8-6-9(16(17)18)2-5-13(8)19-10-3-4-11(14)12(15)7-10/h2-7H,15H2,1H3. The molecule has 0 saturated heterocycles. The van der Waals surface area contributed by atoms with Gasteiger partial charge in [0.05, 0.1) is 10.6 Å². The van der Waals surface area contributed by atoms with E-state index in [2.05, 4.69) is 0 Å². The summed E-state index contributed by atoms with van der Waals surface area (Å²) in [6, 6.07) is 8.23. The van der Waals surface area contributed by atoms with Crippen LogP contribution in [0.1, 0.15) is 5.56 Å². The monoisotopic (exact) mass is 262 g/mol. The summed E-state index contributed by atoms with van der Waals surface area (Å²) >= 11 is 0. The minimum Gasteiger partial charge on any atom is -0.457 e. The SMILES string of the molecule is Cc1cc([N+](=O)[O-])ccc1Oc1ccc(F)c(N)c1. The lowest BCUT2D eigenvalue weighted by molar-refractivity contribution is -0.384. The molecule has 19 heavy (non-hydrogen) atoms. The maximum atomic E-state index is 13.0. The van der Waals surface area contributed by atoms with Crippen LogP contribution in [0.15, 0.2) is 36.4 Å². The Hall–Kier alpha value is -2.63. The summed E-state index contributed by atoms with van der Waals surface area (Å²) in [7, 11) is 0. The summed E-state index contributed by atoms with van der Waals surface area (Å²) in [5.74, 6) is 0.306. The van der Waals surface area contributed by atoms with Crippen molar-refractivity contribution in [2.75, 3.05) is 5.73 Å². The van der Waals surface area contributed by atoms with Gasteiger partial charge in [-0.2, -0.15) is 0 Å². The van der Waals surface area contributed by atoms with Crippen LogP contribution >= 0.6 is 0 Å². The Bertz CT molecular complexity index is 644. The molecule has 98 valence electrons. The van der Waals surface area contributed by atoms with Crippen molar-refractivity contribution in [3.63, 3.8) is 0 Å². The molecular weight excluding hydrogens is 251 g/mol. The average Bonchev–Trinajstić information content (AvgIpc) is 2.36. The molecule has 0 radical (unpaired) electrons. The zero-order valence-corrected chi connectivity index (χ0v) is 10.1. The van der Waals surface area contributed by atoms with Crippen molar-refractivity contribution in [1.29, 1.82) is 0 Å². The largest absolute Gasteiger partial charge is 0.457 e. The first-order valence-electron chi connectivity index (χ1n) is 5.45. The zero-order chi connectivity index (χ0) is 14.0. The first kappa shape index (κ1) is 12.8. The van der Waals surface area contributed by atoms with Gasteiger partial charge in [-0.1, -0.05) is 0 Å². The molecule has 0 saturated carbocycles. The molecule has 0 aliphatic rings. The predicted molar refractivity (Wildman–Crippen MR) is 68.7 cm³/mol. The van der Waals surface area contributed by atoms with E-state index < -0.39 is 10.7 Å². The lowest BCUT2D eigenvalue weighted by atomic mass is 10.2. The van der Waals surface area contributed by atoms with Crippen LogP contribution in [0.3, 0.4) is 0 Å². The van der Waals surface area contributed by atoms with E-state index >= 15 is 0 Å². The number of nitrogens with zero attached hydrogens (tertiary/aromatic N) is 1. The molecule has 0 unspecified atom stereocenters. The normalized spacial score (nSPS) is 10.2. The zero-order valence-electron chi connectivity index (χ0n) is 10.1. The molecule has 0 bridgehead atoms. The predicted octanol–water partition coefficient (Wildman–Crippen LogP) is 3.42. The van der Waals surface area contributed by atoms with Gasteiger partial charge >= 0.3 is 0 Å². The molecule has 5 nitrogen and oxygen atoms in total. The smallest absolute Gasteiger partial charge is 0.269 e. The van der Waals surface area contributed by atoms with Crippen LogP contribution in [0, 0.1) is 22.9 Å². The molecule has 0 fully saturated rings. The molecule has 0 aliphatic carbocycles. The van der Waals surface area contributed by atoms with Crippen LogP contribution in [-0.2, 0) is 0 Å². The molecule has 2 N–H and O–H groups in total. The number of nitrogens with two attached hydrogens (primary N) is 1. The maximum Gasteiger partial charge on any atom is 0.269 e. The fraction of sp³-hybridized carbons (Fsp3) is 0.0769. The first-order chi connectivity index (χ1) is 8.97. The van der Waals surface area contributed by atoms with Gasteiger partial charge in [-0.05, 0) is 30.7 Å². The van der Waals surface area contributed by atoms with E-state index in [0.717, 1.165) is 0 Å². The van der Waals surface area contributed by atoms with Gasteiger partial charge in [0.1, 0.15) is 17.3 Å². The highest BCUT2D eigenvalue weighted by molar-refractivity contribution is 5.49. The number of benzene rings is 2. The number of aryl methyl sites for hydroxylation is 1.